The van der Waals surface area contributed by atoms with E-state index in [1.807, 2.05) is 0 Å². The molecule has 2 rings (SSSR count). The Labute approximate surface area is 119 Å². The zero-order valence-electron chi connectivity index (χ0n) is 8.66. The molecule has 0 aromatic heterocycles. The summed E-state index contributed by atoms with van der Waals surface area (Å²) in [4.78, 5) is 2.42. The Bertz CT molecular complexity index is 338. The molecule has 0 N–H and O–H groups in total. The summed E-state index contributed by atoms with van der Waals surface area (Å²) < 4.78 is 3.76. The molecule has 1 aliphatic rings. The molecule has 0 radical (unpaired) electrons. The van der Waals surface area contributed by atoms with E-state index in [9.17, 15) is 0 Å². The van der Waals surface area contributed by atoms with Gasteiger partial charge in [0.1, 0.15) is 0 Å². The largest absolute Gasteiger partial charge is 0.356 e. The number of rotatable bonds is 1. The van der Waals surface area contributed by atoms with Crippen LogP contribution in [0.15, 0.2) is 24.3 Å². The minimum absolute atomic E-state index is 0.437. The highest BCUT2D eigenvalue weighted by atomic mass is 127. The van der Waals surface area contributed by atoms with Crippen LogP contribution in [0.3, 0.4) is 0 Å². The second-order valence-corrected chi connectivity index (χ2v) is 6.25. The van der Waals surface area contributed by atoms with Gasteiger partial charge in [0.25, 0.3) is 0 Å². The molecule has 0 amide bonds. The van der Waals surface area contributed by atoms with E-state index < -0.39 is 0 Å². The molecule has 0 atom stereocenters. The van der Waals surface area contributed by atoms with Crippen molar-refractivity contribution < 1.29 is 0 Å². The van der Waals surface area contributed by atoms with Gasteiger partial charge in [0, 0.05) is 26.4 Å². The molecule has 0 unspecified atom stereocenters. The first-order chi connectivity index (χ1) is 7.20. The van der Waals surface area contributed by atoms with Crippen LogP contribution in [0.1, 0.15) is 6.42 Å². The van der Waals surface area contributed by atoms with E-state index in [0.717, 1.165) is 0 Å². The molecule has 0 spiro atoms. The highest BCUT2D eigenvalue weighted by Gasteiger charge is 2.33. The van der Waals surface area contributed by atoms with E-state index in [4.69, 9.17) is 0 Å². The molecule has 0 aliphatic carbocycles. The van der Waals surface area contributed by atoms with Gasteiger partial charge in [0.05, 0.1) is 0 Å². The summed E-state index contributed by atoms with van der Waals surface area (Å²) in [5.41, 5.74) is 1.43. The van der Waals surface area contributed by atoms with E-state index in [2.05, 4.69) is 84.6 Å². The van der Waals surface area contributed by atoms with Crippen LogP contribution in [0.2, 0.25) is 0 Å². The summed E-state index contributed by atoms with van der Waals surface area (Å²) in [7, 11) is 2.21. The molecule has 1 heterocycles. The standard InChI is InChI=1S/C10H13BI2N2/c1-14-7-4-8-15(13)11(14)9-5-2-3-6-10(9)12/h2-3,5-6H,4,7-8H2,1H3. The lowest BCUT2D eigenvalue weighted by atomic mass is 9.65. The van der Waals surface area contributed by atoms with Crippen molar-refractivity contribution in [2.75, 3.05) is 20.1 Å². The molecule has 1 fully saturated rings. The van der Waals surface area contributed by atoms with Crippen LogP contribution in [0.5, 0.6) is 0 Å². The maximum Gasteiger partial charge on any atom is 0.356 e. The van der Waals surface area contributed by atoms with Gasteiger partial charge in [0.15, 0.2) is 0 Å². The summed E-state index contributed by atoms with van der Waals surface area (Å²) in [6, 6.07) is 8.65. The molecular weight excluding hydrogens is 413 g/mol. The molecule has 1 saturated heterocycles. The maximum absolute atomic E-state index is 2.44. The highest BCUT2D eigenvalue weighted by molar-refractivity contribution is 14.1. The Kier molecular flexibility index (Phi) is 4.31. The molecule has 0 bridgehead atoms. The van der Waals surface area contributed by atoms with Crippen LogP contribution in [0, 0.1) is 3.57 Å². The highest BCUT2D eigenvalue weighted by Crippen LogP contribution is 2.15. The zero-order chi connectivity index (χ0) is 10.8. The van der Waals surface area contributed by atoms with Crippen molar-refractivity contribution in [3.8, 4) is 0 Å². The van der Waals surface area contributed by atoms with Crippen LogP contribution in [0.25, 0.3) is 0 Å². The first-order valence-corrected chi connectivity index (χ1v) is 7.11. The SMILES string of the molecule is CN1CCCN(I)B1c1ccccc1I. The fourth-order valence-electron chi connectivity index (χ4n) is 2.00. The Morgan fingerprint density at radius 1 is 1.27 bits per heavy atom. The summed E-state index contributed by atoms with van der Waals surface area (Å²) in [6.45, 7) is 2.81. The second kappa shape index (κ2) is 5.33. The van der Waals surface area contributed by atoms with Gasteiger partial charge in [-0.05, 0) is 60.7 Å². The Morgan fingerprint density at radius 2 is 2.00 bits per heavy atom. The van der Waals surface area contributed by atoms with Crippen LogP contribution >= 0.6 is 45.5 Å². The summed E-state index contributed by atoms with van der Waals surface area (Å²) in [5.74, 6) is 0. The topological polar surface area (TPSA) is 6.48 Å². The van der Waals surface area contributed by atoms with Crippen molar-refractivity contribution in [2.24, 2.45) is 0 Å². The predicted octanol–water partition coefficient (Wildman–Crippen LogP) is 1.97. The summed E-state index contributed by atoms with van der Waals surface area (Å²) in [6.07, 6.45) is 1.26. The average Bonchev–Trinajstić information content (AvgIpc) is 2.20. The van der Waals surface area contributed by atoms with Crippen molar-refractivity contribution >= 4 is 57.9 Å². The van der Waals surface area contributed by atoms with E-state index in [0.29, 0.717) is 6.98 Å². The lowest BCUT2D eigenvalue weighted by molar-refractivity contribution is 0.420. The molecule has 80 valence electrons. The Balaban J connectivity index is 2.31. The Morgan fingerprint density at radius 3 is 2.67 bits per heavy atom. The maximum atomic E-state index is 2.44. The third-order valence-corrected chi connectivity index (χ3v) is 4.74. The van der Waals surface area contributed by atoms with Crippen molar-refractivity contribution in [3.05, 3.63) is 27.8 Å². The van der Waals surface area contributed by atoms with E-state index in [-0.39, 0.29) is 0 Å². The van der Waals surface area contributed by atoms with Gasteiger partial charge < -0.3 is 4.81 Å². The van der Waals surface area contributed by atoms with E-state index in [1.54, 1.807) is 0 Å². The quantitative estimate of drug-likeness (QED) is 0.386. The molecule has 2 nitrogen and oxygen atoms in total. The van der Waals surface area contributed by atoms with Crippen LogP contribution < -0.4 is 5.46 Å². The van der Waals surface area contributed by atoms with Crippen molar-refractivity contribution in [1.29, 1.82) is 0 Å². The van der Waals surface area contributed by atoms with Gasteiger partial charge in [-0.25, -0.2) is 0 Å². The fraction of sp³-hybridized carbons (Fsp3) is 0.400. The van der Waals surface area contributed by atoms with Gasteiger partial charge in [0.2, 0.25) is 0 Å². The second-order valence-electron chi connectivity index (χ2n) is 3.85. The van der Waals surface area contributed by atoms with Gasteiger partial charge in [-0.15, -0.1) is 0 Å². The van der Waals surface area contributed by atoms with E-state index >= 15 is 0 Å². The molecule has 1 aromatic rings. The number of benzene rings is 1. The lowest BCUT2D eigenvalue weighted by Crippen LogP contribution is -2.59. The van der Waals surface area contributed by atoms with Gasteiger partial charge in [-0.3, -0.25) is 3.02 Å². The average molecular weight is 426 g/mol. The van der Waals surface area contributed by atoms with Crippen LogP contribution in [0.4, 0.5) is 0 Å². The number of nitrogens with zero attached hydrogens (tertiary/aromatic N) is 2. The van der Waals surface area contributed by atoms with Gasteiger partial charge in [-0.2, -0.15) is 0 Å². The van der Waals surface area contributed by atoms with Crippen molar-refractivity contribution in [1.82, 2.24) is 7.84 Å². The molecule has 1 aromatic carbocycles. The number of hydrogen-bond acceptors (Lipinski definition) is 2. The molecule has 15 heavy (non-hydrogen) atoms. The third kappa shape index (κ3) is 2.67. The van der Waals surface area contributed by atoms with E-state index in [1.165, 1.54) is 28.5 Å². The minimum Gasteiger partial charge on any atom is -0.326 e. The first kappa shape index (κ1) is 12.1. The molecule has 0 saturated carbocycles. The van der Waals surface area contributed by atoms with Gasteiger partial charge in [-0.1, -0.05) is 18.2 Å². The minimum atomic E-state index is 0.437. The number of hydrogen-bond donors (Lipinski definition) is 0. The predicted molar refractivity (Wildman–Crippen MR) is 82.5 cm³/mol. The van der Waals surface area contributed by atoms with Gasteiger partial charge >= 0.3 is 6.98 Å². The lowest BCUT2D eigenvalue weighted by Gasteiger charge is -2.36. The molecule has 1 aliphatic heterocycles. The Hall–Kier alpha value is 0.665. The normalized spacial score (nSPS) is 19.5. The number of halogens is 2. The monoisotopic (exact) mass is 426 g/mol. The first-order valence-electron chi connectivity index (χ1n) is 5.07. The fourth-order valence-corrected chi connectivity index (χ4v) is 3.73. The molecule has 5 heteroatoms. The van der Waals surface area contributed by atoms with Crippen LogP contribution in [-0.4, -0.2) is 35.0 Å². The molecular formula is C10H13BI2N2. The zero-order valence-corrected chi connectivity index (χ0v) is 13.0. The summed E-state index contributed by atoms with van der Waals surface area (Å²) in [5, 5.41) is 0. The van der Waals surface area contributed by atoms with Crippen molar-refractivity contribution in [2.45, 2.75) is 6.42 Å². The smallest absolute Gasteiger partial charge is 0.326 e. The summed E-state index contributed by atoms with van der Waals surface area (Å²) >= 11 is 4.87. The third-order valence-electron chi connectivity index (χ3n) is 2.75. The van der Waals surface area contributed by atoms with Crippen LogP contribution in [-0.2, 0) is 0 Å². The van der Waals surface area contributed by atoms with Crippen molar-refractivity contribution in [3.63, 3.8) is 0 Å².